The Morgan fingerprint density at radius 3 is 3.17 bits per heavy atom. The lowest BCUT2D eigenvalue weighted by Gasteiger charge is -2.25. The van der Waals surface area contributed by atoms with Gasteiger partial charge in [0.15, 0.2) is 5.13 Å². The average Bonchev–Trinajstić information content (AvgIpc) is 2.95. The number of nitrogens with one attached hydrogen (secondary N) is 1. The minimum absolute atomic E-state index is 0.0390. The molecule has 2 rings (SSSR count). The van der Waals surface area contributed by atoms with Gasteiger partial charge in [-0.05, 0) is 26.2 Å². The Hall–Kier alpha value is -1.14. The molecule has 2 heterocycles. The topological polar surface area (TPSA) is 65.5 Å². The summed E-state index contributed by atoms with van der Waals surface area (Å²) in [6, 6.07) is 0.164. The molecule has 1 aliphatic rings. The lowest BCUT2D eigenvalue weighted by atomic mass is 10.1. The van der Waals surface area contributed by atoms with E-state index >= 15 is 0 Å². The molecule has 6 heteroatoms. The third-order valence-electron chi connectivity index (χ3n) is 3.18. The first-order valence-corrected chi connectivity index (χ1v) is 7.06. The van der Waals surface area contributed by atoms with Crippen molar-refractivity contribution in [3.8, 4) is 0 Å². The fourth-order valence-electron chi connectivity index (χ4n) is 2.37. The number of carbonyl (C=O) groups excluding carboxylic acids is 1. The summed E-state index contributed by atoms with van der Waals surface area (Å²) in [5, 5.41) is 13.2. The molecule has 2 atom stereocenters. The zero-order valence-electron chi connectivity index (χ0n) is 10.7. The maximum Gasteiger partial charge on any atom is 0.265 e. The highest BCUT2D eigenvalue weighted by atomic mass is 32.1. The number of carbonyl (C=O) groups is 1. The summed E-state index contributed by atoms with van der Waals surface area (Å²) in [5.41, 5.74) is 0. The quantitative estimate of drug-likeness (QED) is 0.870. The molecular weight excluding hydrogens is 250 g/mol. The second kappa shape index (κ2) is 5.67. The molecule has 18 heavy (non-hydrogen) atoms. The standard InChI is InChI=1S/C12H19N3O2S/c1-8(16)6-9-4-3-5-15(9)11(17)10-7-14-12(13-2)18-10/h7-9,16H,3-6H2,1-2H3,(H,13,14). The van der Waals surface area contributed by atoms with Gasteiger partial charge in [-0.1, -0.05) is 11.3 Å². The molecule has 1 saturated heterocycles. The van der Waals surface area contributed by atoms with Gasteiger partial charge in [0.25, 0.3) is 5.91 Å². The lowest BCUT2D eigenvalue weighted by molar-refractivity contribution is 0.0686. The number of thiazole rings is 1. The summed E-state index contributed by atoms with van der Waals surface area (Å²) in [6.07, 6.45) is 3.91. The Kier molecular flexibility index (Phi) is 4.19. The summed E-state index contributed by atoms with van der Waals surface area (Å²) in [5.74, 6) is 0.0390. The van der Waals surface area contributed by atoms with Crippen LogP contribution in [0.4, 0.5) is 5.13 Å². The Morgan fingerprint density at radius 2 is 2.56 bits per heavy atom. The van der Waals surface area contributed by atoms with Crippen molar-refractivity contribution in [3.05, 3.63) is 11.1 Å². The van der Waals surface area contributed by atoms with Gasteiger partial charge in [-0.25, -0.2) is 4.98 Å². The lowest BCUT2D eigenvalue weighted by Crippen LogP contribution is -2.36. The molecule has 0 bridgehead atoms. The van der Waals surface area contributed by atoms with Crippen LogP contribution in [0.15, 0.2) is 6.20 Å². The maximum atomic E-state index is 12.4. The molecule has 5 nitrogen and oxygen atoms in total. The number of rotatable bonds is 4. The number of hydrogen-bond acceptors (Lipinski definition) is 5. The number of aliphatic hydroxyl groups is 1. The highest BCUT2D eigenvalue weighted by Crippen LogP contribution is 2.26. The molecule has 0 spiro atoms. The van der Waals surface area contributed by atoms with E-state index in [0.717, 1.165) is 24.5 Å². The van der Waals surface area contributed by atoms with Crippen LogP contribution in [-0.2, 0) is 0 Å². The number of amides is 1. The molecule has 1 aromatic heterocycles. The molecule has 100 valence electrons. The van der Waals surface area contributed by atoms with E-state index in [-0.39, 0.29) is 18.1 Å². The van der Waals surface area contributed by atoms with Gasteiger partial charge in [-0.3, -0.25) is 4.79 Å². The SMILES string of the molecule is CNc1ncc(C(=O)N2CCCC2CC(C)O)s1. The van der Waals surface area contributed by atoms with Crippen molar-refractivity contribution >= 4 is 22.4 Å². The number of nitrogens with zero attached hydrogens (tertiary/aromatic N) is 2. The zero-order chi connectivity index (χ0) is 13.1. The van der Waals surface area contributed by atoms with E-state index in [2.05, 4.69) is 10.3 Å². The van der Waals surface area contributed by atoms with Crippen molar-refractivity contribution in [3.63, 3.8) is 0 Å². The largest absolute Gasteiger partial charge is 0.393 e. The van der Waals surface area contributed by atoms with Gasteiger partial charge in [0.1, 0.15) is 4.88 Å². The van der Waals surface area contributed by atoms with E-state index in [9.17, 15) is 9.90 Å². The third kappa shape index (κ3) is 2.81. The Morgan fingerprint density at radius 1 is 1.78 bits per heavy atom. The molecule has 1 fully saturated rings. The minimum atomic E-state index is -0.363. The van der Waals surface area contributed by atoms with Gasteiger partial charge in [-0.15, -0.1) is 0 Å². The van der Waals surface area contributed by atoms with Crippen molar-refractivity contribution in [2.75, 3.05) is 18.9 Å². The van der Waals surface area contributed by atoms with E-state index in [1.807, 2.05) is 4.90 Å². The van der Waals surface area contributed by atoms with Crippen molar-refractivity contribution in [1.82, 2.24) is 9.88 Å². The van der Waals surface area contributed by atoms with Crippen LogP contribution in [0.1, 0.15) is 35.9 Å². The van der Waals surface area contributed by atoms with Gasteiger partial charge in [0.2, 0.25) is 0 Å². The molecule has 0 aliphatic carbocycles. The Bertz CT molecular complexity index is 419. The molecular formula is C12H19N3O2S. The molecule has 1 aliphatic heterocycles. The summed E-state index contributed by atoms with van der Waals surface area (Å²) < 4.78 is 0. The van der Waals surface area contributed by atoms with Crippen LogP contribution in [0.5, 0.6) is 0 Å². The van der Waals surface area contributed by atoms with Crippen LogP contribution in [0.3, 0.4) is 0 Å². The van der Waals surface area contributed by atoms with Gasteiger partial charge in [-0.2, -0.15) is 0 Å². The molecule has 1 amide bonds. The molecule has 0 radical (unpaired) electrons. The van der Waals surface area contributed by atoms with Crippen LogP contribution < -0.4 is 5.32 Å². The normalized spacial score (nSPS) is 21.1. The smallest absolute Gasteiger partial charge is 0.265 e. The summed E-state index contributed by atoms with van der Waals surface area (Å²) in [6.45, 7) is 2.55. The first kappa shape index (κ1) is 13.3. The number of likely N-dealkylation sites (tertiary alicyclic amines) is 1. The Labute approximate surface area is 111 Å². The molecule has 1 aromatic rings. The van der Waals surface area contributed by atoms with Gasteiger partial charge in [0.05, 0.1) is 12.3 Å². The van der Waals surface area contributed by atoms with Crippen LogP contribution >= 0.6 is 11.3 Å². The second-order valence-corrected chi connectivity index (χ2v) is 5.69. The van der Waals surface area contributed by atoms with Gasteiger partial charge < -0.3 is 15.3 Å². The third-order valence-corrected chi connectivity index (χ3v) is 4.18. The number of hydrogen-bond donors (Lipinski definition) is 2. The van der Waals surface area contributed by atoms with Crippen LogP contribution in [-0.4, -0.2) is 46.6 Å². The second-order valence-electron chi connectivity index (χ2n) is 4.66. The predicted molar refractivity (Wildman–Crippen MR) is 72.0 cm³/mol. The van der Waals surface area contributed by atoms with Crippen molar-refractivity contribution in [1.29, 1.82) is 0 Å². The van der Waals surface area contributed by atoms with E-state index in [4.69, 9.17) is 0 Å². The van der Waals surface area contributed by atoms with Crippen LogP contribution in [0.25, 0.3) is 0 Å². The fourth-order valence-corrected chi connectivity index (χ4v) is 3.10. The summed E-state index contributed by atoms with van der Waals surface area (Å²) >= 11 is 1.37. The van der Waals surface area contributed by atoms with E-state index in [1.165, 1.54) is 11.3 Å². The van der Waals surface area contributed by atoms with Crippen LogP contribution in [0.2, 0.25) is 0 Å². The minimum Gasteiger partial charge on any atom is -0.393 e. The van der Waals surface area contributed by atoms with Gasteiger partial charge in [0, 0.05) is 19.6 Å². The summed E-state index contributed by atoms with van der Waals surface area (Å²) in [4.78, 5) is 19.0. The molecule has 2 N–H and O–H groups in total. The number of anilines is 1. The first-order chi connectivity index (χ1) is 8.61. The molecule has 0 saturated carbocycles. The highest BCUT2D eigenvalue weighted by Gasteiger charge is 2.31. The highest BCUT2D eigenvalue weighted by molar-refractivity contribution is 7.17. The maximum absolute atomic E-state index is 12.4. The first-order valence-electron chi connectivity index (χ1n) is 6.24. The fraction of sp³-hybridized carbons (Fsp3) is 0.667. The van der Waals surface area contributed by atoms with Gasteiger partial charge >= 0.3 is 0 Å². The molecule has 2 unspecified atom stereocenters. The van der Waals surface area contributed by atoms with Crippen molar-refractivity contribution < 1.29 is 9.90 Å². The van der Waals surface area contributed by atoms with Crippen molar-refractivity contribution in [2.45, 2.75) is 38.3 Å². The van der Waals surface area contributed by atoms with Crippen molar-refractivity contribution in [2.24, 2.45) is 0 Å². The summed E-state index contributed by atoms with van der Waals surface area (Å²) in [7, 11) is 1.79. The van der Waals surface area contributed by atoms with Crippen LogP contribution in [0, 0.1) is 0 Å². The zero-order valence-corrected chi connectivity index (χ0v) is 11.5. The molecule has 0 aromatic carbocycles. The monoisotopic (exact) mass is 269 g/mol. The number of aliphatic hydroxyl groups excluding tert-OH is 1. The van der Waals surface area contributed by atoms with E-state index in [1.54, 1.807) is 20.2 Å². The number of aromatic nitrogens is 1. The van der Waals surface area contributed by atoms with E-state index < -0.39 is 0 Å². The average molecular weight is 269 g/mol. The Balaban J connectivity index is 2.07. The van der Waals surface area contributed by atoms with E-state index in [0.29, 0.717) is 11.3 Å². The predicted octanol–water partition coefficient (Wildman–Crippen LogP) is 1.56.